The number of carbonyl (C=O) groups is 1. The first-order chi connectivity index (χ1) is 9.15. The van der Waals surface area contributed by atoms with Gasteiger partial charge >= 0.3 is 0 Å². The van der Waals surface area contributed by atoms with Crippen LogP contribution in [0.1, 0.15) is 27.2 Å². The highest BCUT2D eigenvalue weighted by atomic mass is 16.5. The molecule has 0 aliphatic carbocycles. The lowest BCUT2D eigenvalue weighted by molar-refractivity contribution is -0.120. The van der Waals surface area contributed by atoms with Crippen LogP contribution in [0.25, 0.3) is 0 Å². The molecule has 5 nitrogen and oxygen atoms in total. The highest BCUT2D eigenvalue weighted by Crippen LogP contribution is 2.14. The van der Waals surface area contributed by atoms with Crippen molar-refractivity contribution in [1.29, 1.82) is 0 Å². The van der Waals surface area contributed by atoms with E-state index in [1.165, 1.54) is 0 Å². The second-order valence-corrected chi connectivity index (χ2v) is 4.25. The number of aromatic nitrogens is 1. The molecule has 1 aromatic rings. The average Bonchev–Trinajstić information content (AvgIpc) is 2.44. The number of Topliss-reactive ketones (excluding diaryl/α,β-unsaturated/α-hetero) is 1. The van der Waals surface area contributed by atoms with E-state index in [9.17, 15) is 4.79 Å². The van der Waals surface area contributed by atoms with Crippen molar-refractivity contribution in [3.63, 3.8) is 0 Å². The number of ketones is 1. The Morgan fingerprint density at radius 3 is 2.79 bits per heavy atom. The Balaban J connectivity index is 2.40. The minimum Gasteiger partial charge on any atom is -0.484 e. The topological polar surface area (TPSA) is 60.5 Å². The van der Waals surface area contributed by atoms with Crippen LogP contribution in [0.2, 0.25) is 0 Å². The number of carbonyl (C=O) groups excluding carboxylic acids is 1. The van der Waals surface area contributed by atoms with Crippen LogP contribution < -0.4 is 14.8 Å². The largest absolute Gasteiger partial charge is 0.484 e. The summed E-state index contributed by atoms with van der Waals surface area (Å²) in [5.41, 5.74) is 0. The summed E-state index contributed by atoms with van der Waals surface area (Å²) in [5, 5.41) is 3.20. The Kier molecular flexibility index (Phi) is 6.89. The summed E-state index contributed by atoms with van der Waals surface area (Å²) < 4.78 is 10.9. The van der Waals surface area contributed by atoms with Crippen molar-refractivity contribution in [2.24, 2.45) is 0 Å². The van der Waals surface area contributed by atoms with Gasteiger partial charge in [0.05, 0.1) is 6.20 Å². The first-order valence-electron chi connectivity index (χ1n) is 6.63. The summed E-state index contributed by atoms with van der Waals surface area (Å²) in [4.78, 5) is 15.3. The molecule has 19 heavy (non-hydrogen) atoms. The number of nitrogens with zero attached hydrogens (tertiary/aromatic N) is 1. The molecule has 0 radical (unpaired) electrons. The highest BCUT2D eigenvalue weighted by Gasteiger charge is 2.05. The third kappa shape index (κ3) is 6.20. The molecule has 106 valence electrons. The van der Waals surface area contributed by atoms with E-state index < -0.39 is 0 Å². The van der Waals surface area contributed by atoms with E-state index in [2.05, 4.69) is 17.2 Å². The number of ether oxygens (including phenoxy) is 2. The third-order valence-corrected chi connectivity index (χ3v) is 2.51. The fraction of sp³-hybridized carbons (Fsp3) is 0.571. The normalized spacial score (nSPS) is 11.9. The molecule has 0 saturated heterocycles. The van der Waals surface area contributed by atoms with Gasteiger partial charge in [0, 0.05) is 19.0 Å². The number of hydrogen-bond donors (Lipinski definition) is 1. The van der Waals surface area contributed by atoms with Crippen molar-refractivity contribution >= 4 is 5.78 Å². The van der Waals surface area contributed by atoms with Crippen LogP contribution in [0.3, 0.4) is 0 Å². The molecule has 0 spiro atoms. The van der Waals surface area contributed by atoms with Gasteiger partial charge in [-0.2, -0.15) is 0 Å². The fourth-order valence-electron chi connectivity index (χ4n) is 1.38. The van der Waals surface area contributed by atoms with E-state index in [0.29, 0.717) is 18.1 Å². The lowest BCUT2D eigenvalue weighted by atomic mass is 10.3. The first-order valence-corrected chi connectivity index (χ1v) is 6.63. The molecule has 1 aromatic heterocycles. The second-order valence-electron chi connectivity index (χ2n) is 4.25. The van der Waals surface area contributed by atoms with Crippen LogP contribution >= 0.6 is 0 Å². The summed E-state index contributed by atoms with van der Waals surface area (Å²) in [6.07, 6.45) is 2.11. The lowest BCUT2D eigenvalue weighted by Crippen LogP contribution is -2.28. The van der Waals surface area contributed by atoms with Crippen LogP contribution in [-0.2, 0) is 4.79 Å². The number of hydrogen-bond acceptors (Lipinski definition) is 5. The molecule has 1 heterocycles. The molecule has 1 N–H and O–H groups in total. The van der Waals surface area contributed by atoms with Crippen LogP contribution in [-0.4, -0.2) is 36.6 Å². The smallest absolute Gasteiger partial charge is 0.213 e. The molecule has 0 aliphatic heterocycles. The Morgan fingerprint density at radius 2 is 2.21 bits per heavy atom. The fourth-order valence-corrected chi connectivity index (χ4v) is 1.38. The van der Waals surface area contributed by atoms with Gasteiger partial charge in [0.15, 0.2) is 5.78 Å². The molecular formula is C14H22N2O3. The van der Waals surface area contributed by atoms with Gasteiger partial charge in [-0.3, -0.25) is 4.79 Å². The zero-order chi connectivity index (χ0) is 14.1. The van der Waals surface area contributed by atoms with Gasteiger partial charge in [-0.25, -0.2) is 4.98 Å². The summed E-state index contributed by atoms with van der Waals surface area (Å²) in [6, 6.07) is 3.50. The van der Waals surface area contributed by atoms with E-state index in [0.717, 1.165) is 13.1 Å². The summed E-state index contributed by atoms with van der Waals surface area (Å²) in [7, 11) is 0. The number of rotatable bonds is 9. The zero-order valence-corrected chi connectivity index (χ0v) is 11.8. The van der Waals surface area contributed by atoms with Crippen LogP contribution in [0, 0.1) is 0 Å². The molecule has 5 heteroatoms. The van der Waals surface area contributed by atoms with Gasteiger partial charge in [-0.1, -0.05) is 13.8 Å². The summed E-state index contributed by atoms with van der Waals surface area (Å²) in [6.45, 7) is 7.63. The van der Waals surface area contributed by atoms with E-state index in [4.69, 9.17) is 9.47 Å². The average molecular weight is 266 g/mol. The molecule has 0 saturated carbocycles. The van der Waals surface area contributed by atoms with E-state index >= 15 is 0 Å². The van der Waals surface area contributed by atoms with Gasteiger partial charge < -0.3 is 14.8 Å². The van der Waals surface area contributed by atoms with Crippen LogP contribution in [0.15, 0.2) is 18.3 Å². The van der Waals surface area contributed by atoms with E-state index in [1.807, 2.05) is 13.8 Å². The summed E-state index contributed by atoms with van der Waals surface area (Å²) >= 11 is 0. The van der Waals surface area contributed by atoms with Crippen molar-refractivity contribution in [1.82, 2.24) is 10.3 Å². The van der Waals surface area contributed by atoms with Crippen molar-refractivity contribution in [2.75, 3.05) is 19.7 Å². The Morgan fingerprint density at radius 1 is 1.42 bits per heavy atom. The first kappa shape index (κ1) is 15.4. The van der Waals surface area contributed by atoms with Gasteiger partial charge in [0.25, 0.3) is 0 Å². The molecular weight excluding hydrogens is 244 g/mol. The standard InChI is InChI=1S/C14H22N2O3/c1-4-12(17)10-18-13-6-7-14(16-9-13)19-11(3)8-15-5-2/h6-7,9,11,15H,4-5,8,10H2,1-3H3/t11-/m1/s1. The molecule has 1 atom stereocenters. The van der Waals surface area contributed by atoms with Gasteiger partial charge in [0.2, 0.25) is 5.88 Å². The van der Waals surface area contributed by atoms with Crippen LogP contribution in [0.5, 0.6) is 11.6 Å². The predicted molar refractivity (Wildman–Crippen MR) is 73.7 cm³/mol. The minimum atomic E-state index is 0.0564. The Bertz CT molecular complexity index is 379. The minimum absolute atomic E-state index is 0.0564. The van der Waals surface area contributed by atoms with Gasteiger partial charge in [-0.05, 0) is 19.5 Å². The maximum Gasteiger partial charge on any atom is 0.213 e. The second kappa shape index (κ2) is 8.48. The monoisotopic (exact) mass is 266 g/mol. The maximum atomic E-state index is 11.1. The van der Waals surface area contributed by atoms with E-state index in [-0.39, 0.29) is 18.5 Å². The van der Waals surface area contributed by atoms with Crippen molar-refractivity contribution in [2.45, 2.75) is 33.3 Å². The Labute approximate surface area is 114 Å². The van der Waals surface area contributed by atoms with Gasteiger partial charge in [0.1, 0.15) is 18.5 Å². The molecule has 0 fully saturated rings. The van der Waals surface area contributed by atoms with Crippen LogP contribution in [0.4, 0.5) is 0 Å². The Hall–Kier alpha value is -1.62. The van der Waals surface area contributed by atoms with Crippen molar-refractivity contribution in [3.05, 3.63) is 18.3 Å². The number of likely N-dealkylation sites (N-methyl/N-ethyl adjacent to an activating group) is 1. The predicted octanol–water partition coefficient (Wildman–Crippen LogP) is 1.82. The molecule has 0 bridgehead atoms. The SMILES string of the molecule is CCNC[C@@H](C)Oc1ccc(OCC(=O)CC)cn1. The lowest BCUT2D eigenvalue weighted by Gasteiger charge is -2.14. The highest BCUT2D eigenvalue weighted by molar-refractivity contribution is 5.79. The maximum absolute atomic E-state index is 11.1. The number of pyridine rings is 1. The molecule has 0 amide bonds. The molecule has 0 unspecified atom stereocenters. The van der Waals surface area contributed by atoms with Gasteiger partial charge in [-0.15, -0.1) is 0 Å². The molecule has 0 aromatic carbocycles. The quantitative estimate of drug-likeness (QED) is 0.738. The van der Waals surface area contributed by atoms with E-state index in [1.54, 1.807) is 18.3 Å². The zero-order valence-electron chi connectivity index (χ0n) is 11.8. The summed E-state index contributed by atoms with van der Waals surface area (Å²) in [5.74, 6) is 1.20. The molecule has 0 aliphatic rings. The molecule has 1 rings (SSSR count). The third-order valence-electron chi connectivity index (χ3n) is 2.51. The number of nitrogens with one attached hydrogen (secondary N) is 1. The van der Waals surface area contributed by atoms with Crippen molar-refractivity contribution < 1.29 is 14.3 Å². The van der Waals surface area contributed by atoms with Crippen molar-refractivity contribution in [3.8, 4) is 11.6 Å².